The minimum atomic E-state index is -0.309. The molecule has 0 fully saturated rings. The summed E-state index contributed by atoms with van der Waals surface area (Å²) in [6, 6.07) is 7.13. The fourth-order valence-corrected chi connectivity index (χ4v) is 3.58. The second-order valence-corrected chi connectivity index (χ2v) is 7.24. The highest BCUT2D eigenvalue weighted by Crippen LogP contribution is 2.30. The predicted octanol–water partition coefficient (Wildman–Crippen LogP) is 3.91. The van der Waals surface area contributed by atoms with Crippen molar-refractivity contribution in [2.45, 2.75) is 16.5 Å². The first kappa shape index (κ1) is 16.8. The van der Waals surface area contributed by atoms with E-state index < -0.39 is 0 Å². The summed E-state index contributed by atoms with van der Waals surface area (Å²) in [5.74, 6) is -0.131. The summed E-state index contributed by atoms with van der Waals surface area (Å²) in [6.07, 6.45) is 1.74. The van der Waals surface area contributed by atoms with Crippen molar-refractivity contribution in [3.8, 4) is 0 Å². The number of hydrogen-bond donors (Lipinski definition) is 2. The summed E-state index contributed by atoms with van der Waals surface area (Å²) in [5.41, 5.74) is 0.604. The van der Waals surface area contributed by atoms with Crippen molar-refractivity contribution < 1.29 is 4.79 Å². The number of halogens is 1. The lowest BCUT2D eigenvalue weighted by Gasteiger charge is -2.11. The highest BCUT2D eigenvalue weighted by Gasteiger charge is 2.18. The van der Waals surface area contributed by atoms with Crippen LogP contribution < -0.4 is 10.6 Å². The summed E-state index contributed by atoms with van der Waals surface area (Å²) < 4.78 is 0.730. The quantitative estimate of drug-likeness (QED) is 0.583. The van der Waals surface area contributed by atoms with Crippen LogP contribution in [0.1, 0.15) is 6.92 Å². The lowest BCUT2D eigenvalue weighted by atomic mass is 10.3. The van der Waals surface area contributed by atoms with Gasteiger partial charge in [0, 0.05) is 6.54 Å². The third-order valence-corrected chi connectivity index (χ3v) is 4.98. The van der Waals surface area contributed by atoms with Gasteiger partial charge in [-0.15, -0.1) is 16.8 Å². The first-order chi connectivity index (χ1) is 10.6. The Kier molecular flexibility index (Phi) is 6.23. The van der Waals surface area contributed by atoms with Gasteiger partial charge in [0.25, 0.3) is 0 Å². The van der Waals surface area contributed by atoms with E-state index in [9.17, 15) is 4.79 Å². The van der Waals surface area contributed by atoms with Crippen molar-refractivity contribution in [3.63, 3.8) is 0 Å². The summed E-state index contributed by atoms with van der Waals surface area (Å²) in [5, 5.41) is 14.8. The van der Waals surface area contributed by atoms with Gasteiger partial charge in [-0.3, -0.25) is 4.79 Å². The second-order valence-electron chi connectivity index (χ2n) is 4.27. The van der Waals surface area contributed by atoms with Gasteiger partial charge in [0.2, 0.25) is 11.0 Å². The molecule has 2 aromatic rings. The number of anilines is 2. The van der Waals surface area contributed by atoms with E-state index in [1.807, 2.05) is 19.1 Å². The summed E-state index contributed by atoms with van der Waals surface area (Å²) in [6.45, 7) is 6.07. The molecule has 0 aliphatic carbocycles. The molecule has 116 valence electrons. The molecule has 22 heavy (non-hydrogen) atoms. The number of para-hydroxylation sites is 1. The number of aromatic nitrogens is 2. The molecule has 1 amide bonds. The Labute approximate surface area is 142 Å². The van der Waals surface area contributed by atoms with Gasteiger partial charge >= 0.3 is 0 Å². The van der Waals surface area contributed by atoms with Gasteiger partial charge in [-0.1, -0.05) is 52.9 Å². The van der Waals surface area contributed by atoms with Gasteiger partial charge in [-0.2, -0.15) is 0 Å². The van der Waals surface area contributed by atoms with Crippen molar-refractivity contribution in [1.29, 1.82) is 0 Å². The molecule has 0 bridgehead atoms. The Balaban J connectivity index is 1.92. The van der Waals surface area contributed by atoms with Gasteiger partial charge in [0.1, 0.15) is 0 Å². The van der Waals surface area contributed by atoms with E-state index in [1.165, 1.54) is 23.1 Å². The van der Waals surface area contributed by atoms with Crippen molar-refractivity contribution in [3.05, 3.63) is 41.9 Å². The van der Waals surface area contributed by atoms with Crippen LogP contribution in [0.3, 0.4) is 0 Å². The molecule has 1 unspecified atom stereocenters. The minimum Gasteiger partial charge on any atom is -0.357 e. The number of rotatable bonds is 7. The number of benzene rings is 1. The lowest BCUT2D eigenvalue weighted by Crippen LogP contribution is -2.22. The van der Waals surface area contributed by atoms with Crippen LogP contribution in [0.2, 0.25) is 5.02 Å². The van der Waals surface area contributed by atoms with Crippen LogP contribution in [0.5, 0.6) is 0 Å². The minimum absolute atomic E-state index is 0.131. The zero-order valence-corrected chi connectivity index (χ0v) is 14.3. The third kappa shape index (κ3) is 4.72. The Morgan fingerprint density at radius 2 is 2.27 bits per heavy atom. The fraction of sp³-hybridized carbons (Fsp3) is 0.214. The van der Waals surface area contributed by atoms with E-state index in [1.54, 1.807) is 18.2 Å². The van der Waals surface area contributed by atoms with E-state index in [2.05, 4.69) is 27.4 Å². The van der Waals surface area contributed by atoms with Crippen molar-refractivity contribution in [2.75, 3.05) is 17.2 Å². The number of nitrogens with one attached hydrogen (secondary N) is 2. The molecule has 1 aromatic heterocycles. The molecular formula is C14H15ClN4OS2. The van der Waals surface area contributed by atoms with Crippen LogP contribution in [0.15, 0.2) is 41.3 Å². The average molecular weight is 355 g/mol. The topological polar surface area (TPSA) is 66.9 Å². The normalized spacial score (nSPS) is 11.7. The smallest absolute Gasteiger partial charge is 0.237 e. The second kappa shape index (κ2) is 8.17. The van der Waals surface area contributed by atoms with Crippen LogP contribution in [-0.4, -0.2) is 27.9 Å². The monoisotopic (exact) mass is 354 g/mol. The average Bonchev–Trinajstić information content (AvgIpc) is 2.94. The van der Waals surface area contributed by atoms with Gasteiger partial charge in [0.15, 0.2) is 4.34 Å². The zero-order valence-electron chi connectivity index (χ0n) is 11.9. The molecule has 0 spiro atoms. The molecule has 0 saturated carbocycles. The van der Waals surface area contributed by atoms with Gasteiger partial charge in [-0.25, -0.2) is 0 Å². The zero-order chi connectivity index (χ0) is 15.9. The van der Waals surface area contributed by atoms with E-state index in [-0.39, 0.29) is 11.2 Å². The Morgan fingerprint density at radius 1 is 1.50 bits per heavy atom. The molecule has 1 aromatic carbocycles. The highest BCUT2D eigenvalue weighted by molar-refractivity contribution is 8.02. The molecular weight excluding hydrogens is 340 g/mol. The maximum atomic E-state index is 12.2. The maximum Gasteiger partial charge on any atom is 0.237 e. The van der Waals surface area contributed by atoms with E-state index in [0.29, 0.717) is 22.4 Å². The molecule has 0 aliphatic rings. The van der Waals surface area contributed by atoms with Crippen molar-refractivity contribution in [1.82, 2.24) is 10.2 Å². The molecule has 5 nitrogen and oxygen atoms in total. The van der Waals surface area contributed by atoms with E-state index in [0.717, 1.165) is 4.34 Å². The Morgan fingerprint density at radius 3 is 3.00 bits per heavy atom. The molecule has 2 rings (SSSR count). The fourth-order valence-electron chi connectivity index (χ4n) is 1.49. The molecule has 0 radical (unpaired) electrons. The standard InChI is InChI=1S/C14H15ClN4OS2/c1-3-8-16-13-18-19-14(22-13)21-9(2)12(20)17-11-7-5-4-6-10(11)15/h3-7,9H,1,8H2,2H3,(H,16,18)(H,17,20). The maximum absolute atomic E-state index is 12.2. The molecule has 8 heteroatoms. The predicted molar refractivity (Wildman–Crippen MR) is 94.0 cm³/mol. The Bertz CT molecular complexity index is 662. The third-order valence-electron chi connectivity index (χ3n) is 2.58. The first-order valence-electron chi connectivity index (χ1n) is 6.50. The number of nitrogens with zero attached hydrogens (tertiary/aromatic N) is 2. The van der Waals surface area contributed by atoms with Crippen LogP contribution in [-0.2, 0) is 4.79 Å². The molecule has 0 aliphatic heterocycles. The first-order valence-corrected chi connectivity index (χ1v) is 8.58. The van der Waals surface area contributed by atoms with Crippen molar-refractivity contribution in [2.24, 2.45) is 0 Å². The number of amides is 1. The summed E-state index contributed by atoms with van der Waals surface area (Å²) in [4.78, 5) is 12.2. The molecule has 1 atom stereocenters. The number of carbonyl (C=O) groups excluding carboxylic acids is 1. The van der Waals surface area contributed by atoms with Crippen molar-refractivity contribution >= 4 is 51.4 Å². The van der Waals surface area contributed by atoms with Gasteiger partial charge < -0.3 is 10.6 Å². The molecule has 1 heterocycles. The van der Waals surface area contributed by atoms with Crippen LogP contribution in [0.25, 0.3) is 0 Å². The lowest BCUT2D eigenvalue weighted by molar-refractivity contribution is -0.115. The number of thioether (sulfide) groups is 1. The SMILES string of the molecule is C=CCNc1nnc(SC(C)C(=O)Nc2ccccc2Cl)s1. The number of hydrogen-bond acceptors (Lipinski definition) is 6. The molecule has 0 saturated heterocycles. The Hall–Kier alpha value is -1.57. The van der Waals surface area contributed by atoms with Crippen LogP contribution in [0.4, 0.5) is 10.8 Å². The van der Waals surface area contributed by atoms with E-state index >= 15 is 0 Å². The van der Waals surface area contributed by atoms with Gasteiger partial charge in [-0.05, 0) is 19.1 Å². The summed E-state index contributed by atoms with van der Waals surface area (Å²) in [7, 11) is 0. The van der Waals surface area contributed by atoms with Crippen LogP contribution >= 0.6 is 34.7 Å². The van der Waals surface area contributed by atoms with Gasteiger partial charge in [0.05, 0.1) is 16.0 Å². The largest absolute Gasteiger partial charge is 0.357 e. The summed E-state index contributed by atoms with van der Waals surface area (Å²) >= 11 is 8.79. The van der Waals surface area contributed by atoms with Crippen LogP contribution in [0, 0.1) is 0 Å². The number of carbonyl (C=O) groups is 1. The highest BCUT2D eigenvalue weighted by atomic mass is 35.5. The van der Waals surface area contributed by atoms with E-state index in [4.69, 9.17) is 11.6 Å². The molecule has 2 N–H and O–H groups in total.